The van der Waals surface area contributed by atoms with Gasteiger partial charge in [-0.3, -0.25) is 0 Å². The van der Waals surface area contributed by atoms with E-state index in [9.17, 15) is 0 Å². The maximum absolute atomic E-state index is 5.83. The minimum Gasteiger partial charge on any atom is -0.398 e. The molecule has 4 heteroatoms. The fraction of sp³-hybridized carbons (Fsp3) is 0. The molecule has 0 atom stereocenters. The zero-order valence-electron chi connectivity index (χ0n) is 5.97. The predicted molar refractivity (Wildman–Crippen MR) is 66.7 cm³/mol. The molecule has 0 fully saturated rings. The summed E-state index contributed by atoms with van der Waals surface area (Å²) in [6, 6.07) is 4.12. The third kappa shape index (κ3) is 1.25. The first-order chi connectivity index (χ1) is 5.70. The van der Waals surface area contributed by atoms with Gasteiger partial charge in [-0.15, -0.1) is 11.3 Å². The molecule has 0 amide bonds. The molecule has 2 N–H and O–H groups in total. The smallest absolute Gasteiger partial charge is 0.0516 e. The summed E-state index contributed by atoms with van der Waals surface area (Å²) in [5, 5.41) is 3.16. The van der Waals surface area contributed by atoms with Crippen LogP contribution in [0.1, 0.15) is 0 Å². The average Bonchev–Trinajstić information content (AvgIpc) is 2.42. The summed E-state index contributed by atoms with van der Waals surface area (Å²) < 4.78 is 3.57. The first-order valence-electron chi connectivity index (χ1n) is 3.31. The highest BCUT2D eigenvalue weighted by atomic mass is 127. The van der Waals surface area contributed by atoms with Crippen molar-refractivity contribution in [2.45, 2.75) is 0 Å². The van der Waals surface area contributed by atoms with Gasteiger partial charge in [0.15, 0.2) is 0 Å². The molecule has 2 aromatic rings. The van der Waals surface area contributed by atoms with E-state index in [1.807, 2.05) is 5.38 Å². The van der Waals surface area contributed by atoms with E-state index in [0.717, 1.165) is 10.2 Å². The Hall–Kier alpha value is 0.190. The monoisotopic (exact) mass is 353 g/mol. The van der Waals surface area contributed by atoms with Crippen molar-refractivity contribution in [3.8, 4) is 0 Å². The molecule has 1 nitrogen and oxygen atoms in total. The van der Waals surface area contributed by atoms with Crippen LogP contribution in [0, 0.1) is 3.57 Å². The maximum Gasteiger partial charge on any atom is 0.0516 e. The van der Waals surface area contributed by atoms with Crippen molar-refractivity contribution in [3.63, 3.8) is 0 Å². The minimum atomic E-state index is 0.876. The second-order valence-electron chi connectivity index (χ2n) is 2.42. The van der Waals surface area contributed by atoms with Gasteiger partial charge in [-0.1, -0.05) is 0 Å². The Balaban J connectivity index is 2.98. The van der Waals surface area contributed by atoms with Gasteiger partial charge in [-0.2, -0.15) is 0 Å². The molecule has 0 radical (unpaired) electrons. The Morgan fingerprint density at radius 2 is 2.17 bits per heavy atom. The van der Waals surface area contributed by atoms with Gasteiger partial charge >= 0.3 is 0 Å². The second kappa shape index (κ2) is 3.16. The molecule has 0 spiro atoms. The Labute approximate surface area is 96.2 Å². The summed E-state index contributed by atoms with van der Waals surface area (Å²) in [7, 11) is 0. The van der Waals surface area contributed by atoms with Gasteiger partial charge in [0.2, 0.25) is 0 Å². The van der Waals surface area contributed by atoms with Gasteiger partial charge < -0.3 is 5.73 Å². The van der Waals surface area contributed by atoms with Crippen LogP contribution in [-0.2, 0) is 0 Å². The average molecular weight is 354 g/mol. The van der Waals surface area contributed by atoms with E-state index in [0.29, 0.717) is 0 Å². The highest BCUT2D eigenvalue weighted by molar-refractivity contribution is 14.1. The first-order valence-corrected chi connectivity index (χ1v) is 6.06. The van der Waals surface area contributed by atoms with E-state index in [1.165, 1.54) is 13.7 Å². The van der Waals surface area contributed by atoms with Crippen LogP contribution in [0.4, 0.5) is 5.69 Å². The van der Waals surface area contributed by atoms with Crippen molar-refractivity contribution < 1.29 is 0 Å². The summed E-state index contributed by atoms with van der Waals surface area (Å²) in [6.45, 7) is 0. The standard InChI is InChI=1S/C8H5BrINS/c9-4-1-2-5(10)7-6(11)3-12-8(4)7/h1-3H,11H2. The molecular formula is C8H5BrINS. The number of benzene rings is 1. The second-order valence-corrected chi connectivity index (χ2v) is 5.32. The fourth-order valence-electron chi connectivity index (χ4n) is 1.10. The molecule has 0 unspecified atom stereocenters. The van der Waals surface area contributed by atoms with Crippen LogP contribution in [0.2, 0.25) is 0 Å². The van der Waals surface area contributed by atoms with Crippen LogP contribution in [0.15, 0.2) is 22.0 Å². The van der Waals surface area contributed by atoms with Gasteiger partial charge in [0.1, 0.15) is 0 Å². The highest BCUT2D eigenvalue weighted by Crippen LogP contribution is 2.36. The maximum atomic E-state index is 5.83. The normalized spacial score (nSPS) is 10.8. The topological polar surface area (TPSA) is 26.0 Å². The van der Waals surface area contributed by atoms with Crippen LogP contribution in [0.5, 0.6) is 0 Å². The molecule has 1 aromatic heterocycles. The fourth-order valence-corrected chi connectivity index (χ4v) is 3.54. The number of anilines is 1. The molecule has 12 heavy (non-hydrogen) atoms. The van der Waals surface area contributed by atoms with Crippen molar-refractivity contribution in [1.29, 1.82) is 0 Å². The number of hydrogen-bond acceptors (Lipinski definition) is 2. The van der Waals surface area contributed by atoms with Crippen molar-refractivity contribution in [1.82, 2.24) is 0 Å². The predicted octanol–water partition coefficient (Wildman–Crippen LogP) is 3.85. The van der Waals surface area contributed by atoms with Crippen LogP contribution < -0.4 is 5.73 Å². The van der Waals surface area contributed by atoms with E-state index < -0.39 is 0 Å². The van der Waals surface area contributed by atoms with Crippen LogP contribution in [0.3, 0.4) is 0 Å². The summed E-state index contributed by atoms with van der Waals surface area (Å²) in [6.07, 6.45) is 0. The lowest BCUT2D eigenvalue weighted by Gasteiger charge is -1.97. The number of nitrogen functional groups attached to an aromatic ring is 1. The summed E-state index contributed by atoms with van der Waals surface area (Å²) in [5.41, 5.74) is 6.71. The quantitative estimate of drug-likeness (QED) is 0.715. The van der Waals surface area contributed by atoms with Gasteiger partial charge in [0.25, 0.3) is 0 Å². The zero-order chi connectivity index (χ0) is 8.72. The molecule has 0 bridgehead atoms. The largest absolute Gasteiger partial charge is 0.398 e. The van der Waals surface area contributed by atoms with Gasteiger partial charge in [0.05, 0.1) is 10.4 Å². The molecule has 0 aliphatic rings. The number of thiophene rings is 1. The summed E-state index contributed by atoms with van der Waals surface area (Å²) in [5.74, 6) is 0. The molecule has 1 heterocycles. The van der Waals surface area contributed by atoms with E-state index in [4.69, 9.17) is 5.73 Å². The lowest BCUT2D eigenvalue weighted by atomic mass is 10.2. The van der Waals surface area contributed by atoms with Crippen LogP contribution >= 0.6 is 49.9 Å². The third-order valence-electron chi connectivity index (χ3n) is 1.65. The third-order valence-corrected chi connectivity index (χ3v) is 4.50. The van der Waals surface area contributed by atoms with Gasteiger partial charge in [-0.25, -0.2) is 0 Å². The van der Waals surface area contributed by atoms with Crippen molar-refractivity contribution in [2.75, 3.05) is 5.73 Å². The van der Waals surface area contributed by atoms with Crippen molar-refractivity contribution >= 4 is 65.6 Å². The van der Waals surface area contributed by atoms with Crippen molar-refractivity contribution in [2.24, 2.45) is 0 Å². The minimum absolute atomic E-state index is 0.876. The lowest BCUT2D eigenvalue weighted by Crippen LogP contribution is -1.82. The van der Waals surface area contributed by atoms with E-state index >= 15 is 0 Å². The molecule has 0 saturated carbocycles. The van der Waals surface area contributed by atoms with E-state index in [1.54, 1.807) is 11.3 Å². The molecule has 1 aromatic carbocycles. The molecule has 0 aliphatic carbocycles. The highest BCUT2D eigenvalue weighted by Gasteiger charge is 2.07. The van der Waals surface area contributed by atoms with Crippen molar-refractivity contribution in [3.05, 3.63) is 25.6 Å². The number of halogens is 2. The van der Waals surface area contributed by atoms with Gasteiger partial charge in [-0.05, 0) is 50.7 Å². The number of rotatable bonds is 0. The first kappa shape index (κ1) is 8.77. The molecule has 0 aliphatic heterocycles. The summed E-state index contributed by atoms with van der Waals surface area (Å²) in [4.78, 5) is 0. The lowest BCUT2D eigenvalue weighted by molar-refractivity contribution is 1.73. The number of nitrogens with two attached hydrogens (primary N) is 1. The van der Waals surface area contributed by atoms with Crippen LogP contribution in [0.25, 0.3) is 10.1 Å². The number of fused-ring (bicyclic) bond motifs is 1. The molecular weight excluding hydrogens is 349 g/mol. The SMILES string of the molecule is Nc1csc2c(Br)ccc(I)c12. The Kier molecular flexibility index (Phi) is 2.31. The Morgan fingerprint density at radius 3 is 2.83 bits per heavy atom. The molecule has 2 rings (SSSR count). The number of hydrogen-bond donors (Lipinski definition) is 1. The van der Waals surface area contributed by atoms with Crippen LogP contribution in [-0.4, -0.2) is 0 Å². The zero-order valence-corrected chi connectivity index (χ0v) is 10.5. The van der Waals surface area contributed by atoms with E-state index in [2.05, 4.69) is 50.7 Å². The van der Waals surface area contributed by atoms with Gasteiger partial charge in [0, 0.05) is 18.8 Å². The molecule has 62 valence electrons. The summed E-state index contributed by atoms with van der Waals surface area (Å²) >= 11 is 7.48. The molecule has 0 saturated heterocycles. The Morgan fingerprint density at radius 1 is 1.42 bits per heavy atom. The Bertz CT molecular complexity index is 438. The van der Waals surface area contributed by atoms with E-state index in [-0.39, 0.29) is 0 Å².